The summed E-state index contributed by atoms with van der Waals surface area (Å²) in [5.41, 5.74) is 1.84. The summed E-state index contributed by atoms with van der Waals surface area (Å²) in [6.45, 7) is 7.44. The molecular weight excluding hydrogens is 414 g/mol. The van der Waals surface area contributed by atoms with Crippen molar-refractivity contribution < 1.29 is 4.74 Å². The van der Waals surface area contributed by atoms with Crippen molar-refractivity contribution in [1.82, 2.24) is 25.1 Å². The Bertz CT molecular complexity index is 990. The van der Waals surface area contributed by atoms with Gasteiger partial charge in [-0.1, -0.05) is 12.8 Å². The van der Waals surface area contributed by atoms with Gasteiger partial charge in [0.15, 0.2) is 5.82 Å². The van der Waals surface area contributed by atoms with E-state index in [1.165, 1.54) is 50.6 Å². The minimum absolute atomic E-state index is 0.199. The molecule has 2 bridgehead atoms. The first-order valence-electron chi connectivity index (χ1n) is 12.7. The van der Waals surface area contributed by atoms with Gasteiger partial charge in [-0.25, -0.2) is 4.98 Å². The third-order valence-electron chi connectivity index (χ3n) is 8.90. The highest BCUT2D eigenvalue weighted by molar-refractivity contribution is 5.54. The topological polar surface area (TPSA) is 82.2 Å². The monoisotopic (exact) mass is 451 g/mol. The van der Waals surface area contributed by atoms with E-state index in [1.54, 1.807) is 0 Å². The number of aromatic nitrogens is 4. The van der Waals surface area contributed by atoms with Gasteiger partial charge in [0.25, 0.3) is 0 Å². The number of fused-ring (bicyclic) bond motifs is 1. The normalized spacial score (nSPS) is 29.2. The predicted molar refractivity (Wildman–Crippen MR) is 129 cm³/mol. The van der Waals surface area contributed by atoms with E-state index in [9.17, 15) is 0 Å². The largest absolute Gasteiger partial charge is 0.377 e. The van der Waals surface area contributed by atoms with Crippen LogP contribution in [0.5, 0.6) is 0 Å². The molecule has 0 radical (unpaired) electrons. The molecule has 2 aromatic rings. The molecule has 0 amide bonds. The molecule has 3 aliphatic heterocycles. The average Bonchev–Trinajstić information content (AvgIpc) is 3.54. The van der Waals surface area contributed by atoms with E-state index in [1.807, 2.05) is 12.3 Å². The van der Waals surface area contributed by atoms with E-state index in [4.69, 9.17) is 9.72 Å². The standard InChI is InChI=1S/C25H37N7O/c1-17(31(3)24(2)15-33-16-24)11-25-12-19(13-25)32(14-25)23-26-9-8-21(28-23)27-22-10-20(29-30-22)18-6-4-5-7-18/h8-10,17-19H,4-7,11-16H2,1-3H3,(H2,26,27,28,29,30). The molecular formula is C25H37N7O. The van der Waals surface area contributed by atoms with Crippen molar-refractivity contribution >= 4 is 17.6 Å². The second-order valence-electron chi connectivity index (χ2n) is 11.4. The first-order chi connectivity index (χ1) is 15.9. The first-order valence-corrected chi connectivity index (χ1v) is 12.7. The minimum Gasteiger partial charge on any atom is -0.377 e. The predicted octanol–water partition coefficient (Wildman–Crippen LogP) is 4.07. The van der Waals surface area contributed by atoms with Crippen LogP contribution in [0.25, 0.3) is 0 Å². The van der Waals surface area contributed by atoms with E-state index >= 15 is 0 Å². The number of nitrogens with zero attached hydrogens (tertiary/aromatic N) is 5. The van der Waals surface area contributed by atoms with E-state index < -0.39 is 0 Å². The highest BCUT2D eigenvalue weighted by Crippen LogP contribution is 2.55. The zero-order valence-electron chi connectivity index (χ0n) is 20.2. The zero-order chi connectivity index (χ0) is 22.6. The number of hydrogen-bond acceptors (Lipinski definition) is 7. The summed E-state index contributed by atoms with van der Waals surface area (Å²) in [5, 5.41) is 11.1. The quantitative estimate of drug-likeness (QED) is 0.626. The van der Waals surface area contributed by atoms with Gasteiger partial charge in [-0.05, 0) is 64.5 Å². The lowest BCUT2D eigenvalue weighted by atomic mass is 9.66. The van der Waals surface area contributed by atoms with Gasteiger partial charge in [-0.3, -0.25) is 10.00 Å². The van der Waals surface area contributed by atoms with Crippen molar-refractivity contribution in [1.29, 1.82) is 0 Å². The molecule has 1 atom stereocenters. The fourth-order valence-corrected chi connectivity index (χ4v) is 6.68. The van der Waals surface area contributed by atoms with Crippen molar-refractivity contribution in [3.8, 4) is 0 Å². The second-order valence-corrected chi connectivity index (χ2v) is 11.4. The summed E-state index contributed by atoms with van der Waals surface area (Å²) >= 11 is 0. The Morgan fingerprint density at radius 3 is 2.79 bits per heavy atom. The minimum atomic E-state index is 0.199. The van der Waals surface area contributed by atoms with Crippen LogP contribution < -0.4 is 10.2 Å². The molecule has 5 heterocycles. The lowest BCUT2D eigenvalue weighted by Gasteiger charge is -2.50. The molecule has 0 spiro atoms. The molecule has 5 fully saturated rings. The number of rotatable bonds is 8. The van der Waals surface area contributed by atoms with Gasteiger partial charge < -0.3 is 15.0 Å². The molecule has 2 aliphatic carbocycles. The summed E-state index contributed by atoms with van der Waals surface area (Å²) in [7, 11) is 2.26. The second kappa shape index (κ2) is 7.94. The maximum absolute atomic E-state index is 5.49. The van der Waals surface area contributed by atoms with Crippen molar-refractivity contribution in [2.45, 2.75) is 82.3 Å². The van der Waals surface area contributed by atoms with Gasteiger partial charge in [0.1, 0.15) is 5.82 Å². The Kier molecular flexibility index (Phi) is 5.14. The fraction of sp³-hybridized carbons (Fsp3) is 0.720. The molecule has 3 saturated heterocycles. The highest BCUT2D eigenvalue weighted by Gasteiger charge is 2.56. The highest BCUT2D eigenvalue weighted by atomic mass is 16.5. The van der Waals surface area contributed by atoms with E-state index in [0.29, 0.717) is 23.4 Å². The van der Waals surface area contributed by atoms with Gasteiger partial charge in [-0.2, -0.15) is 10.1 Å². The van der Waals surface area contributed by atoms with Crippen LogP contribution in [0, 0.1) is 5.41 Å². The van der Waals surface area contributed by atoms with Crippen LogP contribution >= 0.6 is 0 Å². The van der Waals surface area contributed by atoms with Crippen molar-refractivity contribution in [2.75, 3.05) is 37.0 Å². The van der Waals surface area contributed by atoms with Crippen LogP contribution in [0.3, 0.4) is 0 Å². The lowest BCUT2D eigenvalue weighted by Crippen LogP contribution is -2.61. The fourth-order valence-electron chi connectivity index (χ4n) is 6.68. The summed E-state index contributed by atoms with van der Waals surface area (Å²) in [6, 6.07) is 5.19. The third-order valence-corrected chi connectivity index (χ3v) is 8.90. The Labute approximate surface area is 196 Å². The zero-order valence-corrected chi connectivity index (χ0v) is 20.2. The Morgan fingerprint density at radius 1 is 1.27 bits per heavy atom. The van der Waals surface area contributed by atoms with Crippen LogP contribution in [0.4, 0.5) is 17.6 Å². The molecule has 2 saturated carbocycles. The number of H-pyrrole nitrogens is 1. The SMILES string of the molecule is CC(CC12CC(C1)N(c1nccc(Nc3cc(C4CCCC4)[nH]n3)n1)C2)N(C)C1(C)COC1. The van der Waals surface area contributed by atoms with Crippen LogP contribution in [-0.2, 0) is 4.74 Å². The van der Waals surface area contributed by atoms with Crippen molar-refractivity contribution in [2.24, 2.45) is 5.41 Å². The number of anilines is 3. The van der Waals surface area contributed by atoms with Crippen LogP contribution in [0.2, 0.25) is 0 Å². The molecule has 8 heteroatoms. The summed E-state index contributed by atoms with van der Waals surface area (Å²) < 4.78 is 5.49. The molecule has 5 aliphatic rings. The molecule has 8 nitrogen and oxygen atoms in total. The molecule has 7 rings (SSSR count). The first kappa shape index (κ1) is 21.4. The smallest absolute Gasteiger partial charge is 0.227 e. The van der Waals surface area contributed by atoms with Gasteiger partial charge in [0, 0.05) is 42.5 Å². The molecule has 0 aromatic carbocycles. The van der Waals surface area contributed by atoms with E-state index in [0.717, 1.165) is 37.3 Å². The molecule has 2 aromatic heterocycles. The molecule has 1 unspecified atom stereocenters. The maximum atomic E-state index is 5.49. The maximum Gasteiger partial charge on any atom is 0.227 e. The number of aromatic amines is 1. The van der Waals surface area contributed by atoms with Crippen LogP contribution in [0.1, 0.15) is 70.4 Å². The van der Waals surface area contributed by atoms with Crippen LogP contribution in [0.15, 0.2) is 18.3 Å². The third kappa shape index (κ3) is 3.81. The van der Waals surface area contributed by atoms with Gasteiger partial charge in [-0.15, -0.1) is 0 Å². The number of nitrogens with one attached hydrogen (secondary N) is 2. The van der Waals surface area contributed by atoms with Gasteiger partial charge >= 0.3 is 0 Å². The van der Waals surface area contributed by atoms with E-state index in [-0.39, 0.29) is 5.54 Å². The molecule has 178 valence electrons. The summed E-state index contributed by atoms with van der Waals surface area (Å²) in [4.78, 5) is 14.5. The van der Waals surface area contributed by atoms with Crippen molar-refractivity contribution in [3.63, 3.8) is 0 Å². The van der Waals surface area contributed by atoms with E-state index in [2.05, 4.69) is 57.3 Å². The Balaban J connectivity index is 1.10. The number of likely N-dealkylation sites (N-methyl/N-ethyl adjacent to an activating group) is 1. The Hall–Kier alpha value is -2.19. The van der Waals surface area contributed by atoms with Crippen molar-refractivity contribution in [3.05, 3.63) is 24.0 Å². The Morgan fingerprint density at radius 2 is 2.06 bits per heavy atom. The number of ether oxygens (including phenoxy) is 1. The van der Waals surface area contributed by atoms with Gasteiger partial charge in [0.05, 0.1) is 18.8 Å². The van der Waals surface area contributed by atoms with Crippen LogP contribution in [-0.4, -0.2) is 69.5 Å². The molecule has 2 N–H and O–H groups in total. The summed E-state index contributed by atoms with van der Waals surface area (Å²) in [6.07, 6.45) is 10.8. The molecule has 33 heavy (non-hydrogen) atoms. The summed E-state index contributed by atoms with van der Waals surface area (Å²) in [5.74, 6) is 3.13. The van der Waals surface area contributed by atoms with Gasteiger partial charge in [0.2, 0.25) is 5.95 Å². The number of hydrogen-bond donors (Lipinski definition) is 2. The lowest BCUT2D eigenvalue weighted by molar-refractivity contribution is -0.137. The average molecular weight is 452 g/mol.